The summed E-state index contributed by atoms with van der Waals surface area (Å²) >= 11 is 3.16. The van der Waals surface area contributed by atoms with Crippen molar-refractivity contribution in [3.8, 4) is 11.9 Å². The zero-order chi connectivity index (χ0) is 13.1. The molecule has 0 unspecified atom stereocenters. The Morgan fingerprint density at radius 3 is 2.65 bits per heavy atom. The molecule has 0 amide bonds. The second-order valence-electron chi connectivity index (χ2n) is 3.22. The predicted molar refractivity (Wildman–Crippen MR) is 57.6 cm³/mol. The van der Waals surface area contributed by atoms with Gasteiger partial charge in [-0.05, 0) is 18.6 Å². The van der Waals surface area contributed by atoms with Crippen molar-refractivity contribution >= 4 is 15.9 Å². The molecule has 0 bridgehead atoms. The molecule has 0 spiro atoms. The van der Waals surface area contributed by atoms with E-state index in [1.807, 2.05) is 6.07 Å². The number of hydrogen-bond donors (Lipinski definition) is 0. The van der Waals surface area contributed by atoms with Crippen LogP contribution in [0.3, 0.4) is 0 Å². The van der Waals surface area contributed by atoms with Crippen molar-refractivity contribution in [2.75, 3.05) is 0 Å². The van der Waals surface area contributed by atoms with Crippen LogP contribution in [0.25, 0.3) is 0 Å². The lowest BCUT2D eigenvalue weighted by Crippen LogP contribution is -2.19. The normalized spacial score (nSPS) is 11.1. The molecule has 1 aromatic heterocycles. The van der Waals surface area contributed by atoms with E-state index >= 15 is 0 Å². The summed E-state index contributed by atoms with van der Waals surface area (Å²) in [4.78, 5) is 3.67. The van der Waals surface area contributed by atoms with E-state index in [1.54, 1.807) is 6.07 Å². The molecule has 0 aromatic carbocycles. The molecule has 92 valence electrons. The summed E-state index contributed by atoms with van der Waals surface area (Å²) in [5.74, 6) is -0.500. The quantitative estimate of drug-likeness (QED) is 0.805. The SMILES string of the molecule is Cc1c(CBr)cc(CC#N)nc1OC(F)(F)F. The zero-order valence-corrected chi connectivity index (χ0v) is 10.4. The summed E-state index contributed by atoms with van der Waals surface area (Å²) in [5, 5.41) is 8.88. The topological polar surface area (TPSA) is 45.9 Å². The van der Waals surface area contributed by atoms with Gasteiger partial charge in [0.05, 0.1) is 18.2 Å². The van der Waals surface area contributed by atoms with Crippen molar-refractivity contribution in [3.05, 3.63) is 22.9 Å². The van der Waals surface area contributed by atoms with Crippen LogP contribution >= 0.6 is 15.9 Å². The molecule has 7 heteroatoms. The van der Waals surface area contributed by atoms with Gasteiger partial charge >= 0.3 is 6.36 Å². The van der Waals surface area contributed by atoms with Gasteiger partial charge in [0.25, 0.3) is 0 Å². The summed E-state index contributed by atoms with van der Waals surface area (Å²) in [7, 11) is 0. The first-order valence-corrected chi connectivity index (χ1v) is 5.67. The number of halogens is 4. The van der Waals surface area contributed by atoms with Crippen LogP contribution in [0.5, 0.6) is 5.88 Å². The van der Waals surface area contributed by atoms with Crippen molar-refractivity contribution in [2.45, 2.75) is 25.0 Å². The average Bonchev–Trinajstić information content (AvgIpc) is 2.21. The molecule has 0 fully saturated rings. The Balaban J connectivity index is 3.19. The molecule has 17 heavy (non-hydrogen) atoms. The molecular weight excluding hydrogens is 301 g/mol. The van der Waals surface area contributed by atoms with Gasteiger partial charge < -0.3 is 4.74 Å². The fourth-order valence-corrected chi connectivity index (χ4v) is 1.80. The third-order valence-electron chi connectivity index (χ3n) is 2.01. The van der Waals surface area contributed by atoms with Crippen molar-refractivity contribution in [1.82, 2.24) is 4.98 Å². The van der Waals surface area contributed by atoms with Gasteiger partial charge in [-0.25, -0.2) is 4.98 Å². The second kappa shape index (κ2) is 5.36. The number of pyridine rings is 1. The summed E-state index contributed by atoms with van der Waals surface area (Å²) in [6.07, 6.45) is -4.85. The highest BCUT2D eigenvalue weighted by atomic mass is 79.9. The smallest absolute Gasteiger partial charge is 0.388 e. The molecule has 0 radical (unpaired) electrons. The van der Waals surface area contributed by atoms with Crippen molar-refractivity contribution < 1.29 is 17.9 Å². The monoisotopic (exact) mass is 308 g/mol. The number of rotatable bonds is 3. The molecule has 3 nitrogen and oxygen atoms in total. The second-order valence-corrected chi connectivity index (χ2v) is 3.78. The number of hydrogen-bond acceptors (Lipinski definition) is 3. The number of nitriles is 1. The first kappa shape index (κ1) is 13.8. The third kappa shape index (κ3) is 3.89. The summed E-state index contributed by atoms with van der Waals surface area (Å²) in [6, 6.07) is 3.41. The van der Waals surface area contributed by atoms with Gasteiger partial charge in [-0.3, -0.25) is 0 Å². The fraction of sp³-hybridized carbons (Fsp3) is 0.400. The Kier molecular flexibility index (Phi) is 4.34. The molecule has 0 aliphatic carbocycles. The highest BCUT2D eigenvalue weighted by molar-refractivity contribution is 9.08. The van der Waals surface area contributed by atoms with E-state index in [0.717, 1.165) is 0 Å². The average molecular weight is 309 g/mol. The van der Waals surface area contributed by atoms with Crippen LogP contribution < -0.4 is 4.74 Å². The lowest BCUT2D eigenvalue weighted by atomic mass is 10.1. The largest absolute Gasteiger partial charge is 0.574 e. The van der Waals surface area contributed by atoms with Crippen molar-refractivity contribution in [2.24, 2.45) is 0 Å². The molecule has 0 saturated heterocycles. The minimum atomic E-state index is -4.79. The molecule has 1 rings (SSSR count). The van der Waals surface area contributed by atoms with E-state index in [9.17, 15) is 13.2 Å². The number of alkyl halides is 4. The maximum atomic E-state index is 12.1. The van der Waals surface area contributed by atoms with Gasteiger partial charge in [-0.2, -0.15) is 5.26 Å². The van der Waals surface area contributed by atoms with Crippen LogP contribution in [0, 0.1) is 18.3 Å². The lowest BCUT2D eigenvalue weighted by molar-refractivity contribution is -0.276. The van der Waals surface area contributed by atoms with Crippen LogP contribution in [0.2, 0.25) is 0 Å². The zero-order valence-electron chi connectivity index (χ0n) is 8.81. The van der Waals surface area contributed by atoms with Gasteiger partial charge in [0.1, 0.15) is 0 Å². The van der Waals surface area contributed by atoms with Crippen LogP contribution in [0.15, 0.2) is 6.07 Å². The minimum absolute atomic E-state index is 0.0610. The van der Waals surface area contributed by atoms with Crippen molar-refractivity contribution in [3.63, 3.8) is 0 Å². The molecule has 0 N–H and O–H groups in total. The van der Waals surface area contributed by atoms with E-state index in [2.05, 4.69) is 25.7 Å². The molecule has 0 aliphatic heterocycles. The molecular formula is C10H8BrF3N2O. The Morgan fingerprint density at radius 1 is 1.53 bits per heavy atom. The highest BCUT2D eigenvalue weighted by Gasteiger charge is 2.33. The van der Waals surface area contributed by atoms with Gasteiger partial charge in [0.15, 0.2) is 0 Å². The van der Waals surface area contributed by atoms with E-state index in [1.165, 1.54) is 6.92 Å². The van der Waals surface area contributed by atoms with Gasteiger partial charge in [-0.15, -0.1) is 13.2 Å². The maximum Gasteiger partial charge on any atom is 0.574 e. The van der Waals surface area contributed by atoms with Crippen LogP contribution in [-0.2, 0) is 11.8 Å². The number of nitrogens with zero attached hydrogens (tertiary/aromatic N) is 2. The van der Waals surface area contributed by atoms with Gasteiger partial charge in [-0.1, -0.05) is 15.9 Å². The number of ether oxygens (including phenoxy) is 1. The molecule has 0 saturated carbocycles. The summed E-state index contributed by atoms with van der Waals surface area (Å²) in [5.41, 5.74) is 1.18. The van der Waals surface area contributed by atoms with Crippen LogP contribution in [0.4, 0.5) is 13.2 Å². The first-order chi connectivity index (χ1) is 7.87. The van der Waals surface area contributed by atoms with Gasteiger partial charge in [0, 0.05) is 10.9 Å². The van der Waals surface area contributed by atoms with Crippen molar-refractivity contribution in [1.29, 1.82) is 5.26 Å². The minimum Gasteiger partial charge on any atom is -0.388 e. The molecule has 0 atom stereocenters. The van der Waals surface area contributed by atoms with E-state index in [0.29, 0.717) is 16.5 Å². The molecule has 0 aliphatic rings. The molecule has 1 aromatic rings. The maximum absolute atomic E-state index is 12.1. The Morgan fingerprint density at radius 2 is 2.18 bits per heavy atom. The summed E-state index contributed by atoms with van der Waals surface area (Å²) < 4.78 is 40.2. The standard InChI is InChI=1S/C10H8BrF3N2O/c1-6-7(5-11)4-8(2-3-15)16-9(6)17-10(12,13)14/h4H,2,5H2,1H3. The fourth-order valence-electron chi connectivity index (χ4n) is 1.21. The lowest BCUT2D eigenvalue weighted by Gasteiger charge is -2.13. The Labute approximate surface area is 104 Å². The predicted octanol–water partition coefficient (Wildman–Crippen LogP) is 3.25. The molecule has 1 heterocycles. The van der Waals surface area contributed by atoms with E-state index < -0.39 is 12.2 Å². The first-order valence-electron chi connectivity index (χ1n) is 4.55. The van der Waals surface area contributed by atoms with Crippen LogP contribution in [-0.4, -0.2) is 11.3 Å². The van der Waals surface area contributed by atoms with Gasteiger partial charge in [0.2, 0.25) is 5.88 Å². The number of aromatic nitrogens is 1. The van der Waals surface area contributed by atoms with Crippen LogP contribution in [0.1, 0.15) is 16.8 Å². The summed E-state index contributed by atoms with van der Waals surface area (Å²) in [6.45, 7) is 1.49. The van der Waals surface area contributed by atoms with E-state index in [-0.39, 0.29) is 12.1 Å². The van der Waals surface area contributed by atoms with E-state index in [4.69, 9.17) is 5.26 Å². The Bertz CT molecular complexity index is 454. The third-order valence-corrected chi connectivity index (χ3v) is 2.61. The highest BCUT2D eigenvalue weighted by Crippen LogP contribution is 2.28. The Hall–Kier alpha value is -1.29.